The molecule has 0 aliphatic carbocycles. The van der Waals surface area contributed by atoms with Crippen molar-refractivity contribution in [2.45, 2.75) is 12.8 Å². The van der Waals surface area contributed by atoms with Gasteiger partial charge in [-0.1, -0.05) is 11.3 Å². The molecule has 1 aromatic heterocycles. The molecule has 0 radical (unpaired) electrons. The van der Waals surface area contributed by atoms with Crippen molar-refractivity contribution >= 4 is 38.7 Å². The van der Waals surface area contributed by atoms with E-state index in [1.807, 2.05) is 18.2 Å². The Morgan fingerprint density at radius 2 is 2.04 bits per heavy atom. The minimum Gasteiger partial charge on any atom is -0.497 e. The van der Waals surface area contributed by atoms with Crippen LogP contribution in [0.15, 0.2) is 18.2 Å². The van der Waals surface area contributed by atoms with E-state index in [4.69, 9.17) is 9.47 Å². The van der Waals surface area contributed by atoms with E-state index < -0.39 is 0 Å². The van der Waals surface area contributed by atoms with Gasteiger partial charge in [-0.05, 0) is 31.0 Å². The minimum atomic E-state index is -0.339. The highest BCUT2D eigenvalue weighted by Crippen LogP contribution is 2.30. The Kier molecular flexibility index (Phi) is 4.84. The van der Waals surface area contributed by atoms with Crippen LogP contribution in [0.4, 0.5) is 9.93 Å². The number of benzene rings is 1. The van der Waals surface area contributed by atoms with E-state index >= 15 is 0 Å². The zero-order chi connectivity index (χ0) is 17.1. The molecule has 2 heterocycles. The molecule has 0 atom stereocenters. The van der Waals surface area contributed by atoms with Gasteiger partial charge in [0.15, 0.2) is 5.13 Å². The number of fused-ring (bicyclic) bond motifs is 1. The Bertz CT molecular complexity index is 753. The van der Waals surface area contributed by atoms with Crippen molar-refractivity contribution in [1.82, 2.24) is 9.88 Å². The molecule has 1 N–H and O–H groups in total. The van der Waals surface area contributed by atoms with Gasteiger partial charge in [0.1, 0.15) is 5.75 Å². The molecular formula is C16H19N3O4S. The molecule has 0 saturated carbocycles. The maximum Gasteiger partial charge on any atom is 0.409 e. The third-order valence-electron chi connectivity index (χ3n) is 4.12. The molecule has 0 unspecified atom stereocenters. The van der Waals surface area contributed by atoms with Gasteiger partial charge in [-0.25, -0.2) is 9.78 Å². The Hall–Kier alpha value is -2.35. The van der Waals surface area contributed by atoms with Crippen molar-refractivity contribution in [3.63, 3.8) is 0 Å². The summed E-state index contributed by atoms with van der Waals surface area (Å²) in [6, 6.07) is 5.61. The average molecular weight is 349 g/mol. The van der Waals surface area contributed by atoms with Gasteiger partial charge >= 0.3 is 6.09 Å². The summed E-state index contributed by atoms with van der Waals surface area (Å²) < 4.78 is 10.9. The number of nitrogens with one attached hydrogen (secondary N) is 1. The third-order valence-corrected chi connectivity index (χ3v) is 5.06. The summed E-state index contributed by atoms with van der Waals surface area (Å²) in [5, 5.41) is 3.47. The molecule has 2 aromatic rings. The number of ether oxygens (including phenoxy) is 2. The normalized spacial score (nSPS) is 15.3. The number of methoxy groups -OCH3 is 2. The predicted molar refractivity (Wildman–Crippen MR) is 91.5 cm³/mol. The summed E-state index contributed by atoms with van der Waals surface area (Å²) in [4.78, 5) is 29.9. The molecular weight excluding hydrogens is 330 g/mol. The fourth-order valence-corrected chi connectivity index (χ4v) is 3.64. The fraction of sp³-hybridized carbons (Fsp3) is 0.438. The first-order chi connectivity index (χ1) is 11.6. The molecule has 1 aromatic carbocycles. The number of carbonyl (C=O) groups is 2. The number of hydrogen-bond donors (Lipinski definition) is 1. The SMILES string of the molecule is COC(=O)N1CCC(C(=O)Nc2nc3ccc(OC)cc3s2)CC1. The first kappa shape index (κ1) is 16.5. The molecule has 3 rings (SSSR count). The van der Waals surface area contributed by atoms with Crippen molar-refractivity contribution in [3.05, 3.63) is 18.2 Å². The van der Waals surface area contributed by atoms with Gasteiger partial charge in [-0.3, -0.25) is 4.79 Å². The largest absolute Gasteiger partial charge is 0.497 e. The van der Waals surface area contributed by atoms with Crippen LogP contribution in [0, 0.1) is 5.92 Å². The number of piperidine rings is 1. The van der Waals surface area contributed by atoms with Crippen LogP contribution >= 0.6 is 11.3 Å². The lowest BCUT2D eigenvalue weighted by Gasteiger charge is -2.29. The molecule has 1 aliphatic heterocycles. The second-order valence-corrected chi connectivity index (χ2v) is 6.60. The molecule has 0 bridgehead atoms. The molecule has 1 aliphatic rings. The maximum absolute atomic E-state index is 12.4. The number of aromatic nitrogens is 1. The second-order valence-electron chi connectivity index (χ2n) is 5.57. The van der Waals surface area contributed by atoms with Gasteiger partial charge in [0.05, 0.1) is 24.4 Å². The van der Waals surface area contributed by atoms with Gasteiger partial charge in [-0.2, -0.15) is 0 Å². The van der Waals surface area contributed by atoms with Gasteiger partial charge in [0.25, 0.3) is 0 Å². The van der Waals surface area contributed by atoms with E-state index in [0.717, 1.165) is 16.0 Å². The second kappa shape index (κ2) is 7.04. The number of anilines is 1. The van der Waals surface area contributed by atoms with Crippen LogP contribution in [0.1, 0.15) is 12.8 Å². The number of amides is 2. The van der Waals surface area contributed by atoms with Crippen LogP contribution in [0.5, 0.6) is 5.75 Å². The van der Waals surface area contributed by atoms with Crippen molar-refractivity contribution in [2.24, 2.45) is 5.92 Å². The quantitative estimate of drug-likeness (QED) is 0.921. The van der Waals surface area contributed by atoms with Crippen molar-refractivity contribution < 1.29 is 19.1 Å². The number of carbonyl (C=O) groups excluding carboxylic acids is 2. The van der Waals surface area contributed by atoms with E-state index in [0.29, 0.717) is 31.1 Å². The summed E-state index contributed by atoms with van der Waals surface area (Å²) in [5.41, 5.74) is 0.830. The molecule has 128 valence electrons. The summed E-state index contributed by atoms with van der Waals surface area (Å²) in [7, 11) is 2.98. The fourth-order valence-electron chi connectivity index (χ4n) is 2.75. The van der Waals surface area contributed by atoms with Crippen LogP contribution in [0.3, 0.4) is 0 Å². The van der Waals surface area contributed by atoms with E-state index in [1.54, 1.807) is 12.0 Å². The van der Waals surface area contributed by atoms with E-state index in [-0.39, 0.29) is 17.9 Å². The highest BCUT2D eigenvalue weighted by molar-refractivity contribution is 7.22. The van der Waals surface area contributed by atoms with Gasteiger partial charge in [0, 0.05) is 19.0 Å². The van der Waals surface area contributed by atoms with Crippen LogP contribution in [0.2, 0.25) is 0 Å². The number of likely N-dealkylation sites (tertiary alicyclic amines) is 1. The van der Waals surface area contributed by atoms with Gasteiger partial charge < -0.3 is 19.7 Å². The van der Waals surface area contributed by atoms with Gasteiger partial charge in [0.2, 0.25) is 5.91 Å². The average Bonchev–Trinajstić information content (AvgIpc) is 3.02. The first-order valence-corrected chi connectivity index (χ1v) is 8.50. The lowest BCUT2D eigenvalue weighted by molar-refractivity contribution is -0.121. The topological polar surface area (TPSA) is 80.8 Å². The summed E-state index contributed by atoms with van der Waals surface area (Å²) >= 11 is 1.42. The molecule has 2 amide bonds. The smallest absolute Gasteiger partial charge is 0.409 e. The third kappa shape index (κ3) is 3.43. The maximum atomic E-state index is 12.4. The number of rotatable bonds is 3. The molecule has 8 heteroatoms. The lowest BCUT2D eigenvalue weighted by Crippen LogP contribution is -2.41. The number of thiazole rings is 1. The summed E-state index contributed by atoms with van der Waals surface area (Å²) in [6.45, 7) is 1.06. The Labute approximate surface area is 143 Å². The van der Waals surface area contributed by atoms with Crippen molar-refractivity contribution in [2.75, 3.05) is 32.6 Å². The van der Waals surface area contributed by atoms with Crippen molar-refractivity contribution in [3.8, 4) is 5.75 Å². The van der Waals surface area contributed by atoms with E-state index in [1.165, 1.54) is 18.4 Å². The van der Waals surface area contributed by atoms with Gasteiger partial charge in [-0.15, -0.1) is 0 Å². The molecule has 0 spiro atoms. The zero-order valence-electron chi connectivity index (χ0n) is 13.6. The van der Waals surface area contributed by atoms with Crippen LogP contribution < -0.4 is 10.1 Å². The minimum absolute atomic E-state index is 0.0504. The molecule has 7 nitrogen and oxygen atoms in total. The highest BCUT2D eigenvalue weighted by Gasteiger charge is 2.28. The molecule has 1 saturated heterocycles. The van der Waals surface area contributed by atoms with E-state index in [2.05, 4.69) is 10.3 Å². The number of nitrogens with zero attached hydrogens (tertiary/aromatic N) is 2. The standard InChI is InChI=1S/C16H19N3O4S/c1-22-11-3-4-12-13(9-11)24-15(17-12)18-14(20)10-5-7-19(8-6-10)16(21)23-2/h3-4,9-10H,5-8H2,1-2H3,(H,17,18,20). The van der Waals surface area contributed by atoms with Crippen LogP contribution in [-0.2, 0) is 9.53 Å². The zero-order valence-corrected chi connectivity index (χ0v) is 14.4. The summed E-state index contributed by atoms with van der Waals surface area (Å²) in [5.74, 6) is 0.595. The molecule has 1 fully saturated rings. The first-order valence-electron chi connectivity index (χ1n) is 7.69. The highest BCUT2D eigenvalue weighted by atomic mass is 32.1. The Balaban J connectivity index is 1.62. The van der Waals surface area contributed by atoms with E-state index in [9.17, 15) is 9.59 Å². The summed E-state index contributed by atoms with van der Waals surface area (Å²) in [6.07, 6.45) is 0.910. The number of hydrogen-bond acceptors (Lipinski definition) is 6. The Morgan fingerprint density at radius 3 is 2.71 bits per heavy atom. The monoisotopic (exact) mass is 349 g/mol. The lowest BCUT2D eigenvalue weighted by atomic mass is 9.96. The predicted octanol–water partition coefficient (Wildman–Crippen LogP) is 2.72. The molecule has 24 heavy (non-hydrogen) atoms. The van der Waals surface area contributed by atoms with Crippen LogP contribution in [0.25, 0.3) is 10.2 Å². The van der Waals surface area contributed by atoms with Crippen LogP contribution in [-0.4, -0.2) is 49.2 Å². The Morgan fingerprint density at radius 1 is 1.29 bits per heavy atom. The van der Waals surface area contributed by atoms with Crippen molar-refractivity contribution in [1.29, 1.82) is 0 Å².